The summed E-state index contributed by atoms with van der Waals surface area (Å²) in [4.78, 5) is 30.2. The molecule has 1 aromatic heterocycles. The van der Waals surface area contributed by atoms with Crippen LogP contribution in [-0.4, -0.2) is 41.4 Å². The lowest BCUT2D eigenvalue weighted by molar-refractivity contribution is 0.0724. The summed E-state index contributed by atoms with van der Waals surface area (Å²) in [5, 5.41) is 5.09. The van der Waals surface area contributed by atoms with Crippen LogP contribution in [0.1, 0.15) is 45.6 Å². The number of piperidine rings is 1. The van der Waals surface area contributed by atoms with Crippen LogP contribution in [0, 0.1) is 0 Å². The number of rotatable bonds is 3. The minimum atomic E-state index is -0.0275. The van der Waals surface area contributed by atoms with E-state index in [4.69, 9.17) is 0 Å². The number of carbonyl (C=O) groups excluding carboxylic acids is 2. The molecule has 0 saturated carbocycles. The molecule has 0 bridgehead atoms. The second-order valence-electron chi connectivity index (χ2n) is 7.25. The molecule has 0 unspecified atom stereocenters. The first-order valence-electron chi connectivity index (χ1n) is 9.67. The van der Waals surface area contributed by atoms with Gasteiger partial charge in [-0.15, -0.1) is 11.3 Å². The molecule has 1 aromatic carbocycles. The zero-order chi connectivity index (χ0) is 18.6. The Balaban J connectivity index is 1.30. The number of hydrogen-bond donors (Lipinski definition) is 1. The van der Waals surface area contributed by atoms with Crippen LogP contribution in [0.2, 0.25) is 0 Å². The number of likely N-dealkylation sites (tertiary alicyclic amines) is 1. The Morgan fingerprint density at radius 2 is 1.74 bits per heavy atom. The molecule has 0 radical (unpaired) electrons. The monoisotopic (exact) mass is 383 g/mol. The molecule has 2 aliphatic rings. The van der Waals surface area contributed by atoms with E-state index in [-0.39, 0.29) is 11.9 Å². The van der Waals surface area contributed by atoms with Gasteiger partial charge in [-0.05, 0) is 60.4 Å². The molecule has 1 N–H and O–H groups in total. The van der Waals surface area contributed by atoms with Crippen LogP contribution < -0.4 is 5.32 Å². The van der Waals surface area contributed by atoms with Gasteiger partial charge >= 0.3 is 6.03 Å². The first-order valence-corrected chi connectivity index (χ1v) is 10.5. The highest BCUT2D eigenvalue weighted by Gasteiger charge is 2.21. The molecule has 27 heavy (non-hydrogen) atoms. The molecule has 1 saturated heterocycles. The number of thiophene rings is 1. The summed E-state index contributed by atoms with van der Waals surface area (Å²) in [6.07, 6.45) is 4.35. The summed E-state index contributed by atoms with van der Waals surface area (Å²) in [6, 6.07) is 9.70. The van der Waals surface area contributed by atoms with Gasteiger partial charge in [0.2, 0.25) is 0 Å². The molecule has 0 spiro atoms. The molecular weight excluding hydrogens is 358 g/mol. The van der Waals surface area contributed by atoms with Crippen molar-refractivity contribution in [1.82, 2.24) is 15.1 Å². The van der Waals surface area contributed by atoms with Gasteiger partial charge in [0.25, 0.3) is 5.91 Å². The molecule has 3 heterocycles. The third-order valence-electron chi connectivity index (χ3n) is 5.38. The molecule has 4 rings (SSSR count). The van der Waals surface area contributed by atoms with Gasteiger partial charge in [-0.3, -0.25) is 4.79 Å². The fourth-order valence-corrected chi connectivity index (χ4v) is 4.65. The van der Waals surface area contributed by atoms with Crippen molar-refractivity contribution < 1.29 is 9.59 Å². The van der Waals surface area contributed by atoms with Crippen LogP contribution in [0.4, 0.5) is 4.79 Å². The first-order chi connectivity index (χ1) is 13.2. The van der Waals surface area contributed by atoms with Crippen molar-refractivity contribution in [3.8, 4) is 0 Å². The smallest absolute Gasteiger partial charge is 0.317 e. The van der Waals surface area contributed by atoms with E-state index in [1.54, 1.807) is 11.3 Å². The highest BCUT2D eigenvalue weighted by molar-refractivity contribution is 7.10. The third-order valence-corrected chi connectivity index (χ3v) is 6.41. The highest BCUT2D eigenvalue weighted by Crippen LogP contribution is 2.24. The summed E-state index contributed by atoms with van der Waals surface area (Å²) in [7, 11) is 0. The summed E-state index contributed by atoms with van der Waals surface area (Å²) in [6.45, 7) is 3.65. The standard InChI is InChI=1S/C21H25N3O2S/c25-20(23-10-2-1-3-11-23)17-6-4-16(5-7-17)14-22-21(26)24-12-8-19-18(15-24)9-13-27-19/h4-7,9,13H,1-3,8,10-12,14-15H2,(H,22,26). The molecule has 0 aliphatic carbocycles. The van der Waals surface area contributed by atoms with Crippen LogP contribution in [0.3, 0.4) is 0 Å². The van der Waals surface area contributed by atoms with Crippen molar-refractivity contribution in [2.75, 3.05) is 19.6 Å². The van der Waals surface area contributed by atoms with Crippen LogP contribution >= 0.6 is 11.3 Å². The van der Waals surface area contributed by atoms with Gasteiger partial charge in [-0.2, -0.15) is 0 Å². The highest BCUT2D eigenvalue weighted by atomic mass is 32.1. The third kappa shape index (κ3) is 4.16. The molecule has 3 amide bonds. The molecular formula is C21H25N3O2S. The van der Waals surface area contributed by atoms with Crippen molar-refractivity contribution in [2.45, 2.75) is 38.8 Å². The number of fused-ring (bicyclic) bond motifs is 1. The molecule has 2 aliphatic heterocycles. The van der Waals surface area contributed by atoms with Gasteiger partial charge in [0.05, 0.1) is 0 Å². The molecule has 6 heteroatoms. The number of urea groups is 1. The van der Waals surface area contributed by atoms with Gasteiger partial charge in [0, 0.05) is 43.2 Å². The van der Waals surface area contributed by atoms with Crippen LogP contribution in [0.25, 0.3) is 0 Å². The zero-order valence-corrected chi connectivity index (χ0v) is 16.3. The van der Waals surface area contributed by atoms with E-state index >= 15 is 0 Å². The van der Waals surface area contributed by atoms with Crippen LogP contribution in [-0.2, 0) is 19.5 Å². The SMILES string of the molecule is O=C(NCc1ccc(C(=O)N2CCCCC2)cc1)N1CCc2sccc2C1. The fourth-order valence-electron chi connectivity index (χ4n) is 3.76. The van der Waals surface area contributed by atoms with Crippen molar-refractivity contribution in [3.05, 3.63) is 57.3 Å². The molecule has 5 nitrogen and oxygen atoms in total. The van der Waals surface area contributed by atoms with E-state index in [1.165, 1.54) is 16.9 Å². The van der Waals surface area contributed by atoms with E-state index in [9.17, 15) is 9.59 Å². The Bertz CT molecular complexity index is 809. The Labute approximate surface area is 164 Å². The number of benzene rings is 1. The van der Waals surface area contributed by atoms with E-state index < -0.39 is 0 Å². The zero-order valence-electron chi connectivity index (χ0n) is 15.4. The fraction of sp³-hybridized carbons (Fsp3) is 0.429. The topological polar surface area (TPSA) is 52.7 Å². The molecule has 0 atom stereocenters. The van der Waals surface area contributed by atoms with Gasteiger partial charge in [0.15, 0.2) is 0 Å². The van der Waals surface area contributed by atoms with Crippen molar-refractivity contribution >= 4 is 23.3 Å². The quantitative estimate of drug-likeness (QED) is 0.880. The predicted octanol–water partition coefficient (Wildman–Crippen LogP) is 3.64. The average molecular weight is 384 g/mol. The lowest BCUT2D eigenvalue weighted by Gasteiger charge is -2.27. The van der Waals surface area contributed by atoms with E-state index in [0.29, 0.717) is 13.1 Å². The first kappa shape index (κ1) is 18.0. The van der Waals surface area contributed by atoms with E-state index in [0.717, 1.165) is 50.0 Å². The van der Waals surface area contributed by atoms with Gasteiger partial charge in [-0.1, -0.05) is 12.1 Å². The maximum atomic E-state index is 12.5. The molecule has 1 fully saturated rings. The normalized spacial score (nSPS) is 16.7. The number of hydrogen-bond acceptors (Lipinski definition) is 3. The van der Waals surface area contributed by atoms with Crippen LogP contribution in [0.5, 0.6) is 0 Å². The largest absolute Gasteiger partial charge is 0.339 e. The number of amides is 3. The minimum absolute atomic E-state index is 0.0275. The lowest BCUT2D eigenvalue weighted by atomic mass is 10.1. The van der Waals surface area contributed by atoms with Crippen molar-refractivity contribution in [1.29, 1.82) is 0 Å². The van der Waals surface area contributed by atoms with E-state index in [1.807, 2.05) is 34.1 Å². The van der Waals surface area contributed by atoms with E-state index in [2.05, 4.69) is 16.8 Å². The second kappa shape index (κ2) is 8.13. The minimum Gasteiger partial charge on any atom is -0.339 e. The Kier molecular flexibility index (Phi) is 5.43. The summed E-state index contributed by atoms with van der Waals surface area (Å²) in [5.41, 5.74) is 3.00. The Morgan fingerprint density at radius 1 is 0.963 bits per heavy atom. The number of carbonyl (C=O) groups is 2. The second-order valence-corrected chi connectivity index (χ2v) is 8.25. The summed E-state index contributed by atoms with van der Waals surface area (Å²) < 4.78 is 0. The Hall–Kier alpha value is -2.34. The summed E-state index contributed by atoms with van der Waals surface area (Å²) in [5.74, 6) is 0.116. The summed E-state index contributed by atoms with van der Waals surface area (Å²) >= 11 is 1.77. The molecule has 2 aromatic rings. The van der Waals surface area contributed by atoms with Crippen LogP contribution in [0.15, 0.2) is 35.7 Å². The molecule has 142 valence electrons. The Morgan fingerprint density at radius 3 is 2.52 bits per heavy atom. The number of nitrogens with one attached hydrogen (secondary N) is 1. The maximum Gasteiger partial charge on any atom is 0.317 e. The van der Waals surface area contributed by atoms with Crippen molar-refractivity contribution in [3.63, 3.8) is 0 Å². The number of nitrogens with zero attached hydrogens (tertiary/aromatic N) is 2. The predicted molar refractivity (Wildman–Crippen MR) is 107 cm³/mol. The average Bonchev–Trinajstić information content (AvgIpc) is 3.20. The lowest BCUT2D eigenvalue weighted by Crippen LogP contribution is -2.42. The van der Waals surface area contributed by atoms with Gasteiger partial charge in [-0.25, -0.2) is 4.79 Å². The maximum absolute atomic E-state index is 12.5. The van der Waals surface area contributed by atoms with Crippen molar-refractivity contribution in [2.24, 2.45) is 0 Å². The van der Waals surface area contributed by atoms with Gasteiger partial charge in [0.1, 0.15) is 0 Å². The van der Waals surface area contributed by atoms with Gasteiger partial charge < -0.3 is 15.1 Å².